The summed E-state index contributed by atoms with van der Waals surface area (Å²) in [5.74, 6) is -1.29. The fourth-order valence-corrected chi connectivity index (χ4v) is 3.02. The molecule has 3 rings (SSSR count). The maximum Gasteiger partial charge on any atom is 0.266 e. The van der Waals surface area contributed by atoms with Crippen molar-refractivity contribution in [2.24, 2.45) is 0 Å². The maximum atomic E-state index is 14.4. The predicted molar refractivity (Wildman–Crippen MR) is 105 cm³/mol. The molecule has 2 atom stereocenters. The topological polar surface area (TPSA) is 72.2 Å². The lowest BCUT2D eigenvalue weighted by molar-refractivity contribution is -0.126. The third-order valence-electron chi connectivity index (χ3n) is 4.53. The van der Waals surface area contributed by atoms with Crippen LogP contribution in [-0.2, 0) is 11.2 Å². The van der Waals surface area contributed by atoms with Crippen molar-refractivity contribution in [1.82, 2.24) is 10.3 Å². The highest BCUT2D eigenvalue weighted by molar-refractivity contribution is 6.00. The van der Waals surface area contributed by atoms with Gasteiger partial charge in [0, 0.05) is 0 Å². The number of aryl methyl sites for hydroxylation is 1. The average molecular weight is 382 g/mol. The molecule has 0 saturated heterocycles. The van der Waals surface area contributed by atoms with E-state index in [-0.39, 0.29) is 12.3 Å². The van der Waals surface area contributed by atoms with Gasteiger partial charge in [-0.05, 0) is 37.0 Å². The second-order valence-corrected chi connectivity index (χ2v) is 6.69. The number of nitrogens with zero attached hydrogens (tertiary/aromatic N) is 1. The maximum absolute atomic E-state index is 14.4. The molecule has 1 heterocycles. The SMILES string of the molecule is CCC[C@H](NC(=O)[C@H](F)CCc1ccccc1)C(=O)c1nc2ccccc2o1. The summed E-state index contributed by atoms with van der Waals surface area (Å²) >= 11 is 0. The number of halogens is 1. The number of hydrogen-bond acceptors (Lipinski definition) is 4. The molecule has 0 unspecified atom stereocenters. The van der Waals surface area contributed by atoms with Crippen molar-refractivity contribution in [2.45, 2.75) is 44.8 Å². The van der Waals surface area contributed by atoms with Gasteiger partial charge in [0.25, 0.3) is 11.8 Å². The van der Waals surface area contributed by atoms with Gasteiger partial charge in [0.15, 0.2) is 11.8 Å². The number of amides is 1. The van der Waals surface area contributed by atoms with E-state index in [4.69, 9.17) is 4.42 Å². The fraction of sp³-hybridized carbons (Fsp3) is 0.318. The van der Waals surface area contributed by atoms with Gasteiger partial charge in [-0.25, -0.2) is 9.37 Å². The summed E-state index contributed by atoms with van der Waals surface area (Å²) in [6.45, 7) is 1.89. The Hall–Kier alpha value is -3.02. The normalized spacial score (nSPS) is 13.2. The summed E-state index contributed by atoms with van der Waals surface area (Å²) in [6, 6.07) is 15.6. The summed E-state index contributed by atoms with van der Waals surface area (Å²) in [5.41, 5.74) is 2.03. The van der Waals surface area contributed by atoms with E-state index in [0.29, 0.717) is 30.4 Å². The first kappa shape index (κ1) is 19.7. The lowest BCUT2D eigenvalue weighted by Crippen LogP contribution is -2.44. The molecule has 1 aromatic heterocycles. The molecule has 146 valence electrons. The molecule has 0 fully saturated rings. The minimum absolute atomic E-state index is 0.0613. The fourth-order valence-electron chi connectivity index (χ4n) is 3.02. The van der Waals surface area contributed by atoms with Gasteiger partial charge in [-0.3, -0.25) is 9.59 Å². The van der Waals surface area contributed by atoms with Gasteiger partial charge in [-0.1, -0.05) is 55.8 Å². The zero-order chi connectivity index (χ0) is 19.9. The molecule has 0 bridgehead atoms. The number of hydrogen-bond donors (Lipinski definition) is 1. The van der Waals surface area contributed by atoms with Gasteiger partial charge in [-0.15, -0.1) is 0 Å². The average Bonchev–Trinajstić information content (AvgIpc) is 3.16. The van der Waals surface area contributed by atoms with E-state index in [1.165, 1.54) is 0 Å². The first-order valence-electron chi connectivity index (χ1n) is 9.46. The second-order valence-electron chi connectivity index (χ2n) is 6.69. The number of benzene rings is 2. The van der Waals surface area contributed by atoms with Crippen LogP contribution >= 0.6 is 0 Å². The van der Waals surface area contributed by atoms with Crippen LogP contribution in [0.2, 0.25) is 0 Å². The van der Waals surface area contributed by atoms with E-state index in [1.54, 1.807) is 24.3 Å². The third-order valence-corrected chi connectivity index (χ3v) is 4.53. The Morgan fingerprint density at radius 1 is 1.07 bits per heavy atom. The first-order chi connectivity index (χ1) is 13.6. The molecule has 3 aromatic rings. The largest absolute Gasteiger partial charge is 0.434 e. The molecule has 0 saturated carbocycles. The lowest BCUT2D eigenvalue weighted by atomic mass is 10.0. The highest BCUT2D eigenvalue weighted by Crippen LogP contribution is 2.17. The zero-order valence-corrected chi connectivity index (χ0v) is 15.7. The van der Waals surface area contributed by atoms with Crippen LogP contribution < -0.4 is 5.32 Å². The Labute approximate surface area is 163 Å². The quantitative estimate of drug-likeness (QED) is 0.561. The van der Waals surface area contributed by atoms with Crippen molar-refractivity contribution >= 4 is 22.8 Å². The number of nitrogens with one attached hydrogen (secondary N) is 1. The molecular formula is C22H23FN2O3. The number of aromatic nitrogens is 1. The number of Topliss-reactive ketones (excluding diaryl/α,β-unsaturated/α-hetero) is 1. The predicted octanol–water partition coefficient (Wildman–Crippen LogP) is 4.27. The van der Waals surface area contributed by atoms with Crippen LogP contribution in [0.15, 0.2) is 59.0 Å². The van der Waals surface area contributed by atoms with E-state index in [0.717, 1.165) is 5.56 Å². The Morgan fingerprint density at radius 2 is 1.79 bits per heavy atom. The Kier molecular flexibility index (Phi) is 6.53. The molecular weight excluding hydrogens is 359 g/mol. The minimum Gasteiger partial charge on any atom is -0.434 e. The van der Waals surface area contributed by atoms with E-state index in [1.807, 2.05) is 37.3 Å². The van der Waals surface area contributed by atoms with Gasteiger partial charge in [0.2, 0.25) is 5.78 Å². The van der Waals surface area contributed by atoms with Crippen molar-refractivity contribution in [2.75, 3.05) is 0 Å². The van der Waals surface area contributed by atoms with E-state index >= 15 is 0 Å². The minimum atomic E-state index is -1.68. The van der Waals surface area contributed by atoms with E-state index in [9.17, 15) is 14.0 Å². The molecule has 1 N–H and O–H groups in total. The zero-order valence-electron chi connectivity index (χ0n) is 15.7. The van der Waals surface area contributed by atoms with E-state index in [2.05, 4.69) is 10.3 Å². The Balaban J connectivity index is 1.64. The number of rotatable bonds is 9. The number of fused-ring (bicyclic) bond motifs is 1. The molecule has 2 aromatic carbocycles. The van der Waals surface area contributed by atoms with Gasteiger partial charge in [0.05, 0.1) is 6.04 Å². The summed E-state index contributed by atoms with van der Waals surface area (Å²) in [7, 11) is 0. The number of alkyl halides is 1. The highest BCUT2D eigenvalue weighted by atomic mass is 19.1. The molecule has 6 heteroatoms. The van der Waals surface area contributed by atoms with Crippen molar-refractivity contribution < 1.29 is 18.4 Å². The molecule has 1 amide bonds. The Morgan fingerprint density at radius 3 is 2.50 bits per heavy atom. The summed E-state index contributed by atoms with van der Waals surface area (Å²) in [6.07, 6.45) is -0.137. The van der Waals surface area contributed by atoms with Crippen LogP contribution in [0.3, 0.4) is 0 Å². The third kappa shape index (κ3) is 4.82. The van der Waals surface area contributed by atoms with Crippen molar-refractivity contribution in [1.29, 1.82) is 0 Å². The molecule has 0 aliphatic carbocycles. The molecule has 0 spiro atoms. The van der Waals surface area contributed by atoms with Crippen molar-refractivity contribution in [3.05, 3.63) is 66.1 Å². The van der Waals surface area contributed by atoms with Gasteiger partial charge >= 0.3 is 0 Å². The van der Waals surface area contributed by atoms with Gasteiger partial charge < -0.3 is 9.73 Å². The number of para-hydroxylation sites is 2. The number of carbonyl (C=O) groups is 2. The highest BCUT2D eigenvalue weighted by Gasteiger charge is 2.28. The molecule has 0 aliphatic rings. The second kappa shape index (κ2) is 9.26. The van der Waals surface area contributed by atoms with Gasteiger partial charge in [0.1, 0.15) is 5.52 Å². The summed E-state index contributed by atoms with van der Waals surface area (Å²) in [5, 5.41) is 2.53. The first-order valence-corrected chi connectivity index (χ1v) is 9.46. The van der Waals surface area contributed by atoms with Crippen LogP contribution in [0, 0.1) is 0 Å². The standard InChI is InChI=1S/C22H23FN2O3/c1-2-8-18(20(26)22-25-17-11-6-7-12-19(17)28-22)24-21(27)16(23)14-13-15-9-4-3-5-10-15/h3-7,9-12,16,18H,2,8,13-14H2,1H3,(H,24,27)/t16-,18+/m1/s1. The van der Waals surface area contributed by atoms with Crippen LogP contribution in [0.25, 0.3) is 11.1 Å². The monoisotopic (exact) mass is 382 g/mol. The molecule has 5 nitrogen and oxygen atoms in total. The van der Waals surface area contributed by atoms with Crippen LogP contribution in [0.4, 0.5) is 4.39 Å². The molecule has 28 heavy (non-hydrogen) atoms. The number of ketones is 1. The summed E-state index contributed by atoms with van der Waals surface area (Å²) < 4.78 is 19.9. The van der Waals surface area contributed by atoms with Crippen LogP contribution in [0.5, 0.6) is 0 Å². The smallest absolute Gasteiger partial charge is 0.266 e. The number of carbonyl (C=O) groups excluding carboxylic acids is 2. The Bertz CT molecular complexity index is 906. The molecule has 0 aliphatic heterocycles. The summed E-state index contributed by atoms with van der Waals surface area (Å²) in [4.78, 5) is 29.2. The number of oxazole rings is 1. The van der Waals surface area contributed by atoms with Crippen LogP contribution in [-0.4, -0.2) is 28.9 Å². The van der Waals surface area contributed by atoms with E-state index < -0.39 is 23.9 Å². The van der Waals surface area contributed by atoms with Crippen molar-refractivity contribution in [3.8, 4) is 0 Å². The van der Waals surface area contributed by atoms with Gasteiger partial charge in [-0.2, -0.15) is 0 Å². The van der Waals surface area contributed by atoms with Crippen molar-refractivity contribution in [3.63, 3.8) is 0 Å². The lowest BCUT2D eigenvalue weighted by Gasteiger charge is -2.17. The molecule has 0 radical (unpaired) electrons. The van der Waals surface area contributed by atoms with Crippen LogP contribution in [0.1, 0.15) is 42.4 Å².